The van der Waals surface area contributed by atoms with E-state index in [1.54, 1.807) is 0 Å². The van der Waals surface area contributed by atoms with Crippen molar-refractivity contribution in [3.05, 3.63) is 0 Å². The zero-order chi connectivity index (χ0) is 25.8. The molecule has 39 N–H and O–H groups in total. The third-order valence-electron chi connectivity index (χ3n) is 0.873. The Morgan fingerprint density at radius 1 is 0.229 bits per heavy atom. The van der Waals surface area contributed by atoms with Crippen LogP contribution in [0.4, 0.5) is 0 Å². The fourth-order valence-electron chi connectivity index (χ4n) is 0. The van der Waals surface area contributed by atoms with E-state index in [-0.39, 0.29) is 115 Å². The monoisotopic (exact) mass is 844 g/mol. The summed E-state index contributed by atoms with van der Waals surface area (Å²) in [5, 5.41) is 81.6. The van der Waals surface area contributed by atoms with Crippen LogP contribution < -0.4 is 25.5 Å². The fourth-order valence-corrected chi connectivity index (χ4v) is 0. The minimum atomic E-state index is -2.07. The molecule has 0 bridgehead atoms. The second-order valence-electron chi connectivity index (χ2n) is 2.96. The van der Waals surface area contributed by atoms with Gasteiger partial charge in [0, 0.05) is 0 Å². The van der Waals surface area contributed by atoms with E-state index >= 15 is 0 Å². The topological polar surface area (TPSA) is 923 Å². The Morgan fingerprint density at radius 3 is 0.250 bits per heavy atom. The normalized spacial score (nSPS) is 4.58. The minimum absolute atomic E-state index is 0. The van der Waals surface area contributed by atoms with E-state index in [1.165, 1.54) is 0 Å². The first-order valence-corrected chi connectivity index (χ1v) is 5.43. The summed E-state index contributed by atoms with van der Waals surface area (Å²) in [5.74, 6) is -20.0. The molecule has 0 heterocycles. The van der Waals surface area contributed by atoms with Gasteiger partial charge in [0.15, 0.2) is 29.8 Å². The van der Waals surface area contributed by atoms with Crippen molar-refractivity contribution in [2.24, 2.45) is 0 Å². The van der Waals surface area contributed by atoms with E-state index in [0.717, 1.165) is 0 Å². The molecule has 0 atom stereocenters. The minimum Gasteiger partial charge on any atom is -0.539 e. The molecule has 0 aromatic carbocycles. The molecular formula is C10H39NbO37. The van der Waals surface area contributed by atoms with Gasteiger partial charge in [-0.15, -0.1) is 0 Å². The molecule has 0 amide bonds. The van der Waals surface area contributed by atoms with Crippen LogP contribution in [0.5, 0.6) is 0 Å². The van der Waals surface area contributed by atoms with Gasteiger partial charge in [0.1, 0.15) is 0 Å². The molecule has 0 aromatic heterocycles. The van der Waals surface area contributed by atoms with Gasteiger partial charge >= 0.3 is 52.2 Å². The van der Waals surface area contributed by atoms with E-state index in [1.807, 2.05) is 0 Å². The molecule has 0 saturated heterocycles. The SMILES string of the molecule is O.O.O.O.O.O.O.O.O.O.O.O.O.O.O.O.O.O=C([O-])C(=O)O.O=C([O-])C(=O)O.O=C([O-])C(=O)O.O=C([O-])C(=O)O.O=C([O-])C(=O)O.[Nb+5]. The van der Waals surface area contributed by atoms with E-state index in [9.17, 15) is 0 Å². The standard InChI is InChI=1S/5C2H2O4.Nb.17H2O/c5*3-1(4)2(5)6;;;;;;;;;;;;;;;;;;/h5*(H,3,4)(H,5,6);;17*1H2/q;;;;;+5;;;;;;;;;;;;;;;;;/p-5. The van der Waals surface area contributed by atoms with E-state index in [2.05, 4.69) is 0 Å². The maximum Gasteiger partial charge on any atom is 5.00 e. The summed E-state index contributed by atoms with van der Waals surface area (Å²) in [7, 11) is 0. The summed E-state index contributed by atoms with van der Waals surface area (Å²) in [6, 6.07) is 0. The molecule has 38 heteroatoms. The number of carboxylic acids is 10. The molecule has 0 saturated carbocycles. The second-order valence-corrected chi connectivity index (χ2v) is 2.96. The maximum atomic E-state index is 9.04. The van der Waals surface area contributed by atoms with Gasteiger partial charge in [-0.2, -0.15) is 0 Å². The number of carbonyl (C=O) groups is 10. The van der Waals surface area contributed by atoms with Crippen molar-refractivity contribution in [1.29, 1.82) is 0 Å². The van der Waals surface area contributed by atoms with Gasteiger partial charge in [0.05, 0.1) is 0 Å². The van der Waals surface area contributed by atoms with Crippen molar-refractivity contribution in [3.63, 3.8) is 0 Å². The fraction of sp³-hybridized carbons (Fsp3) is 0. The molecule has 0 aromatic rings. The molecule has 0 aliphatic carbocycles. The van der Waals surface area contributed by atoms with Gasteiger partial charge in [-0.1, -0.05) is 0 Å². The molecule has 37 nitrogen and oxygen atoms in total. The van der Waals surface area contributed by atoms with Crippen LogP contribution in [0.3, 0.4) is 0 Å². The van der Waals surface area contributed by atoms with Crippen LogP contribution in [0, 0.1) is 0 Å². The van der Waals surface area contributed by atoms with Crippen molar-refractivity contribution in [2.45, 2.75) is 0 Å². The van der Waals surface area contributed by atoms with Crippen molar-refractivity contribution < 1.29 is 214 Å². The van der Waals surface area contributed by atoms with Gasteiger partial charge in [-0.3, -0.25) is 0 Å². The number of carbonyl (C=O) groups excluding carboxylic acids is 5. The first-order valence-electron chi connectivity index (χ1n) is 5.43. The van der Waals surface area contributed by atoms with Crippen molar-refractivity contribution in [1.82, 2.24) is 0 Å². The average Bonchev–Trinajstić information content (AvgIpc) is 2.56. The van der Waals surface area contributed by atoms with E-state index in [4.69, 9.17) is 99.0 Å². The first-order chi connectivity index (χ1) is 13.2. The quantitative estimate of drug-likeness (QED) is 0.112. The zero-order valence-electron chi connectivity index (χ0n) is 22.3. The number of rotatable bonds is 0. The molecule has 0 unspecified atom stereocenters. The van der Waals surface area contributed by atoms with Crippen LogP contribution in [0.1, 0.15) is 0 Å². The predicted molar refractivity (Wildman–Crippen MR) is 125 cm³/mol. The molecular weight excluding hydrogens is 805 g/mol. The van der Waals surface area contributed by atoms with Crippen LogP contribution >= 0.6 is 0 Å². The van der Waals surface area contributed by atoms with E-state index < -0.39 is 59.7 Å². The summed E-state index contributed by atoms with van der Waals surface area (Å²) < 4.78 is 0. The Bertz CT molecular complexity index is 512. The summed E-state index contributed by atoms with van der Waals surface area (Å²) in [4.78, 5) is 90.1. The Morgan fingerprint density at radius 2 is 0.250 bits per heavy atom. The van der Waals surface area contributed by atoms with Gasteiger partial charge in [0.2, 0.25) is 0 Å². The third-order valence-corrected chi connectivity index (χ3v) is 0.873. The number of aliphatic carboxylic acids is 10. The average molecular weight is 844 g/mol. The van der Waals surface area contributed by atoms with Crippen molar-refractivity contribution in [2.75, 3.05) is 0 Å². The summed E-state index contributed by atoms with van der Waals surface area (Å²) in [6.07, 6.45) is 0. The summed E-state index contributed by atoms with van der Waals surface area (Å²) >= 11 is 0. The van der Waals surface area contributed by atoms with Crippen LogP contribution in [-0.2, 0) is 70.3 Å². The number of hydrogen-bond donors (Lipinski definition) is 5. The summed E-state index contributed by atoms with van der Waals surface area (Å²) in [5.41, 5.74) is 0. The van der Waals surface area contributed by atoms with Crippen LogP contribution in [-0.4, -0.2) is 178 Å². The Labute approximate surface area is 274 Å². The van der Waals surface area contributed by atoms with Crippen LogP contribution in [0.25, 0.3) is 0 Å². The molecule has 306 valence electrons. The van der Waals surface area contributed by atoms with Crippen molar-refractivity contribution in [3.8, 4) is 0 Å². The van der Waals surface area contributed by atoms with Gasteiger partial charge in [-0.05, 0) is 0 Å². The maximum absolute atomic E-state index is 9.04. The van der Waals surface area contributed by atoms with Gasteiger partial charge in [-0.25, -0.2) is 24.0 Å². The van der Waals surface area contributed by atoms with Crippen molar-refractivity contribution >= 4 is 59.7 Å². The first kappa shape index (κ1) is 191. The van der Waals surface area contributed by atoms with Gasteiger partial charge < -0.3 is 168 Å². The Balaban J connectivity index is -0.00000000709. The van der Waals surface area contributed by atoms with Gasteiger partial charge in [0.25, 0.3) is 0 Å². The van der Waals surface area contributed by atoms with Crippen LogP contribution in [0.15, 0.2) is 0 Å². The smallest absolute Gasteiger partial charge is 0.539 e. The number of hydrogen-bond acceptors (Lipinski definition) is 15. The largest absolute Gasteiger partial charge is 5.00 e. The van der Waals surface area contributed by atoms with Crippen LogP contribution in [0.2, 0.25) is 0 Å². The molecule has 48 heavy (non-hydrogen) atoms. The Kier molecular flexibility index (Phi) is 450. The molecule has 0 fully saturated rings. The predicted octanol–water partition coefficient (Wildman–Crippen LogP) is -24.9. The van der Waals surface area contributed by atoms with E-state index in [0.29, 0.717) is 0 Å². The molecule has 0 radical (unpaired) electrons. The zero-order valence-corrected chi connectivity index (χ0v) is 24.5. The molecule has 0 aliphatic heterocycles. The molecule has 0 spiro atoms. The second kappa shape index (κ2) is 113. The Hall–Kier alpha value is -5.24. The molecule has 0 aliphatic rings. The third kappa shape index (κ3) is 296. The summed E-state index contributed by atoms with van der Waals surface area (Å²) in [6.45, 7) is 0. The number of carboxylic acid groups (broad SMARTS) is 10. The molecule has 0 rings (SSSR count).